The van der Waals surface area contributed by atoms with Gasteiger partial charge in [0.25, 0.3) is 0 Å². The van der Waals surface area contributed by atoms with Gasteiger partial charge in [-0.1, -0.05) is 15.9 Å². The van der Waals surface area contributed by atoms with E-state index in [0.29, 0.717) is 10.0 Å². The lowest BCUT2D eigenvalue weighted by atomic mass is 10.2. The Balaban J connectivity index is 2.19. The molecule has 2 aromatic rings. The maximum Gasteiger partial charge on any atom is 0.169 e. The highest BCUT2D eigenvalue weighted by Crippen LogP contribution is 2.30. The van der Waals surface area contributed by atoms with E-state index in [2.05, 4.69) is 31.9 Å². The van der Waals surface area contributed by atoms with Gasteiger partial charge in [0.15, 0.2) is 11.6 Å². The molecule has 2 aromatic carbocycles. The fourth-order valence-corrected chi connectivity index (χ4v) is 2.55. The molecule has 0 aliphatic carbocycles. The van der Waals surface area contributed by atoms with Gasteiger partial charge in [0.1, 0.15) is 18.2 Å². The predicted octanol–water partition coefficient (Wildman–Crippen LogP) is 5.21. The Kier molecular flexibility index (Phi) is 4.52. The molecule has 0 atom stereocenters. The molecule has 100 valence electrons. The van der Waals surface area contributed by atoms with E-state index >= 15 is 0 Å². The van der Waals surface area contributed by atoms with E-state index in [9.17, 15) is 13.2 Å². The quantitative estimate of drug-likeness (QED) is 0.693. The summed E-state index contributed by atoms with van der Waals surface area (Å²) < 4.78 is 45.5. The summed E-state index contributed by atoms with van der Waals surface area (Å²) in [5, 5.41) is 0. The van der Waals surface area contributed by atoms with Crippen molar-refractivity contribution in [1.82, 2.24) is 0 Å². The second kappa shape index (κ2) is 5.96. The first-order valence-electron chi connectivity index (χ1n) is 5.18. The van der Waals surface area contributed by atoms with Crippen LogP contribution in [0.15, 0.2) is 39.3 Å². The van der Waals surface area contributed by atoms with Gasteiger partial charge in [0.2, 0.25) is 0 Å². The van der Waals surface area contributed by atoms with Gasteiger partial charge in [0.05, 0.1) is 4.47 Å². The number of halogens is 5. The molecule has 0 spiro atoms. The van der Waals surface area contributed by atoms with Gasteiger partial charge < -0.3 is 4.74 Å². The van der Waals surface area contributed by atoms with Crippen LogP contribution in [-0.2, 0) is 6.61 Å². The summed E-state index contributed by atoms with van der Waals surface area (Å²) in [6.07, 6.45) is 0. The van der Waals surface area contributed by atoms with Crippen LogP contribution in [-0.4, -0.2) is 0 Å². The predicted molar refractivity (Wildman–Crippen MR) is 72.5 cm³/mol. The third-order valence-corrected chi connectivity index (χ3v) is 3.32. The molecule has 0 amide bonds. The normalized spacial score (nSPS) is 10.6. The van der Waals surface area contributed by atoms with Crippen LogP contribution in [0.2, 0.25) is 0 Å². The first-order chi connectivity index (χ1) is 8.95. The Labute approximate surface area is 124 Å². The highest BCUT2D eigenvalue weighted by Gasteiger charge is 2.11. The van der Waals surface area contributed by atoms with Crippen LogP contribution in [0, 0.1) is 17.5 Å². The molecule has 0 heterocycles. The Morgan fingerprint density at radius 3 is 2.21 bits per heavy atom. The number of rotatable bonds is 3. The molecule has 2 rings (SSSR count). The zero-order valence-corrected chi connectivity index (χ0v) is 12.6. The summed E-state index contributed by atoms with van der Waals surface area (Å²) in [5.41, 5.74) is 0.530. The summed E-state index contributed by atoms with van der Waals surface area (Å²) in [6.45, 7) is -0.0302. The van der Waals surface area contributed by atoms with Crippen LogP contribution in [0.4, 0.5) is 13.2 Å². The highest BCUT2D eigenvalue weighted by atomic mass is 79.9. The summed E-state index contributed by atoms with van der Waals surface area (Å²) in [5.74, 6) is -2.05. The zero-order valence-electron chi connectivity index (χ0n) is 9.39. The molecule has 0 N–H and O–H groups in total. The molecule has 0 saturated carbocycles. The topological polar surface area (TPSA) is 9.23 Å². The average Bonchev–Trinajstić information content (AvgIpc) is 2.25. The largest absolute Gasteiger partial charge is 0.485 e. The molecule has 0 fully saturated rings. The summed E-state index contributed by atoms with van der Waals surface area (Å²) in [7, 11) is 0. The van der Waals surface area contributed by atoms with Crippen LogP contribution in [0.1, 0.15) is 5.56 Å². The van der Waals surface area contributed by atoms with Crippen molar-refractivity contribution in [2.24, 2.45) is 0 Å². The molecule has 1 nitrogen and oxygen atoms in total. The van der Waals surface area contributed by atoms with Gasteiger partial charge in [0, 0.05) is 10.5 Å². The molecule has 0 bridgehead atoms. The van der Waals surface area contributed by atoms with Gasteiger partial charge >= 0.3 is 0 Å². The summed E-state index contributed by atoms with van der Waals surface area (Å²) in [6, 6.07) is 6.05. The van der Waals surface area contributed by atoms with Crippen LogP contribution >= 0.6 is 31.9 Å². The Morgan fingerprint density at radius 1 is 0.895 bits per heavy atom. The number of hydrogen-bond acceptors (Lipinski definition) is 1. The van der Waals surface area contributed by atoms with E-state index in [-0.39, 0.29) is 16.8 Å². The van der Waals surface area contributed by atoms with E-state index in [4.69, 9.17) is 4.74 Å². The molecule has 0 saturated heterocycles. The first-order valence-corrected chi connectivity index (χ1v) is 6.76. The Bertz CT molecular complexity index is 574. The SMILES string of the molecule is Fc1cc(Br)cc(COc2c(F)cc(F)cc2Br)c1. The van der Waals surface area contributed by atoms with Crippen molar-refractivity contribution in [3.05, 3.63) is 62.3 Å². The lowest BCUT2D eigenvalue weighted by Gasteiger charge is -2.10. The Hall–Kier alpha value is -1.01. The van der Waals surface area contributed by atoms with Crippen LogP contribution < -0.4 is 4.74 Å². The van der Waals surface area contributed by atoms with E-state index in [1.807, 2.05) is 0 Å². The van der Waals surface area contributed by atoms with Crippen molar-refractivity contribution in [3.63, 3.8) is 0 Å². The summed E-state index contributed by atoms with van der Waals surface area (Å²) >= 11 is 6.16. The van der Waals surface area contributed by atoms with E-state index in [1.54, 1.807) is 6.07 Å². The smallest absolute Gasteiger partial charge is 0.169 e. The van der Waals surface area contributed by atoms with Crippen LogP contribution in [0.3, 0.4) is 0 Å². The number of ether oxygens (including phenoxy) is 1. The monoisotopic (exact) mass is 394 g/mol. The molecular weight excluding hydrogens is 389 g/mol. The molecule has 0 aromatic heterocycles. The number of hydrogen-bond donors (Lipinski definition) is 0. The van der Waals surface area contributed by atoms with Gasteiger partial charge in [-0.3, -0.25) is 0 Å². The maximum absolute atomic E-state index is 13.5. The van der Waals surface area contributed by atoms with E-state index in [1.165, 1.54) is 12.1 Å². The standard InChI is InChI=1S/C13H7Br2F3O/c14-8-1-7(2-9(16)3-8)6-19-13-11(15)4-10(17)5-12(13)18/h1-5H,6H2. The lowest BCUT2D eigenvalue weighted by molar-refractivity contribution is 0.286. The third-order valence-electron chi connectivity index (χ3n) is 2.27. The maximum atomic E-state index is 13.5. The molecule has 19 heavy (non-hydrogen) atoms. The van der Waals surface area contributed by atoms with Gasteiger partial charge in [-0.15, -0.1) is 0 Å². The molecule has 6 heteroatoms. The molecule has 0 unspecified atom stereocenters. The minimum Gasteiger partial charge on any atom is -0.485 e. The van der Waals surface area contributed by atoms with Crippen molar-refractivity contribution < 1.29 is 17.9 Å². The first kappa shape index (κ1) is 14.4. The fourth-order valence-electron chi connectivity index (χ4n) is 1.52. The molecule has 0 radical (unpaired) electrons. The molecular formula is C13H7Br2F3O. The van der Waals surface area contributed by atoms with Crippen molar-refractivity contribution in [2.75, 3.05) is 0 Å². The van der Waals surface area contributed by atoms with Gasteiger partial charge in [-0.2, -0.15) is 0 Å². The Morgan fingerprint density at radius 2 is 1.58 bits per heavy atom. The fraction of sp³-hybridized carbons (Fsp3) is 0.0769. The van der Waals surface area contributed by atoms with Crippen molar-refractivity contribution in [1.29, 1.82) is 0 Å². The van der Waals surface area contributed by atoms with Crippen molar-refractivity contribution in [3.8, 4) is 5.75 Å². The van der Waals surface area contributed by atoms with E-state index in [0.717, 1.165) is 12.1 Å². The lowest BCUT2D eigenvalue weighted by Crippen LogP contribution is -1.99. The summed E-state index contributed by atoms with van der Waals surface area (Å²) in [4.78, 5) is 0. The third kappa shape index (κ3) is 3.73. The minimum absolute atomic E-state index is 0.0302. The highest BCUT2D eigenvalue weighted by molar-refractivity contribution is 9.10. The van der Waals surface area contributed by atoms with Crippen molar-refractivity contribution in [2.45, 2.75) is 6.61 Å². The van der Waals surface area contributed by atoms with Gasteiger partial charge in [-0.25, -0.2) is 13.2 Å². The zero-order chi connectivity index (χ0) is 14.0. The second-order valence-corrected chi connectivity index (χ2v) is 5.53. The van der Waals surface area contributed by atoms with Crippen LogP contribution in [0.5, 0.6) is 5.75 Å². The van der Waals surface area contributed by atoms with Gasteiger partial charge in [-0.05, 0) is 45.8 Å². The minimum atomic E-state index is -0.817. The molecule has 0 aliphatic heterocycles. The van der Waals surface area contributed by atoms with Crippen LogP contribution in [0.25, 0.3) is 0 Å². The second-order valence-electron chi connectivity index (χ2n) is 3.76. The number of benzene rings is 2. The molecule has 0 aliphatic rings. The van der Waals surface area contributed by atoms with Crippen molar-refractivity contribution >= 4 is 31.9 Å². The average molecular weight is 396 g/mol. The van der Waals surface area contributed by atoms with E-state index < -0.39 is 17.5 Å².